The van der Waals surface area contributed by atoms with E-state index >= 15 is 0 Å². The summed E-state index contributed by atoms with van der Waals surface area (Å²) in [5.74, 6) is 0.0491. The molecule has 2 aromatic rings. The van der Waals surface area contributed by atoms with E-state index in [2.05, 4.69) is 10.3 Å². The molecule has 4 nitrogen and oxygen atoms in total. The summed E-state index contributed by atoms with van der Waals surface area (Å²) in [4.78, 5) is 20.4. The Bertz CT molecular complexity index is 548. The number of nitrogens with one attached hydrogen (secondary N) is 1. The molecule has 0 radical (unpaired) electrons. The number of aromatic nitrogens is 1. The van der Waals surface area contributed by atoms with Gasteiger partial charge in [0.05, 0.1) is 10.6 Å². The first-order valence-electron chi connectivity index (χ1n) is 6.05. The Morgan fingerprint density at radius 2 is 2.32 bits per heavy atom. The van der Waals surface area contributed by atoms with Gasteiger partial charge in [-0.2, -0.15) is 0 Å². The molecule has 0 saturated heterocycles. The summed E-state index contributed by atoms with van der Waals surface area (Å²) in [5, 5.41) is 5.99. The van der Waals surface area contributed by atoms with Crippen LogP contribution in [0.25, 0.3) is 9.88 Å². The number of thiophene rings is 1. The zero-order chi connectivity index (χ0) is 13.8. The van der Waals surface area contributed by atoms with Crippen LogP contribution in [0.1, 0.15) is 15.4 Å². The number of amides is 1. The zero-order valence-corrected chi connectivity index (χ0v) is 12.9. The number of hydrogen-bond acceptors (Lipinski definition) is 5. The molecule has 0 atom stereocenters. The highest BCUT2D eigenvalue weighted by Gasteiger charge is 2.19. The molecule has 6 heteroatoms. The average Bonchev–Trinajstić information content (AvgIpc) is 3.03. The van der Waals surface area contributed by atoms with E-state index in [9.17, 15) is 4.79 Å². The second-order valence-electron chi connectivity index (χ2n) is 4.24. The first-order valence-corrected chi connectivity index (χ1v) is 7.74. The summed E-state index contributed by atoms with van der Waals surface area (Å²) in [5.41, 5.74) is 0.815. The average molecular weight is 295 g/mol. The van der Waals surface area contributed by atoms with Gasteiger partial charge < -0.3 is 10.2 Å². The second kappa shape index (κ2) is 6.27. The van der Waals surface area contributed by atoms with Crippen molar-refractivity contribution in [1.82, 2.24) is 15.2 Å². The Morgan fingerprint density at radius 1 is 1.53 bits per heavy atom. The van der Waals surface area contributed by atoms with E-state index in [4.69, 9.17) is 0 Å². The van der Waals surface area contributed by atoms with Gasteiger partial charge in [-0.3, -0.25) is 4.79 Å². The Labute approximate surface area is 121 Å². The molecule has 0 aliphatic carbocycles. The maximum atomic E-state index is 12.3. The van der Waals surface area contributed by atoms with Gasteiger partial charge in [0.25, 0.3) is 5.91 Å². The molecular weight excluding hydrogens is 278 g/mol. The number of carbonyl (C=O) groups excluding carboxylic acids is 1. The largest absolute Gasteiger partial charge is 0.340 e. The van der Waals surface area contributed by atoms with Crippen molar-refractivity contribution in [2.75, 3.05) is 27.2 Å². The minimum atomic E-state index is 0.0491. The highest BCUT2D eigenvalue weighted by molar-refractivity contribution is 7.22. The molecule has 0 aliphatic heterocycles. The fourth-order valence-corrected chi connectivity index (χ4v) is 3.51. The zero-order valence-electron chi connectivity index (χ0n) is 11.3. The van der Waals surface area contributed by atoms with Gasteiger partial charge in [-0.25, -0.2) is 4.98 Å². The van der Waals surface area contributed by atoms with E-state index in [0.717, 1.165) is 27.0 Å². The van der Waals surface area contributed by atoms with Crippen molar-refractivity contribution in [3.8, 4) is 9.88 Å². The van der Waals surface area contributed by atoms with Gasteiger partial charge in [-0.1, -0.05) is 6.07 Å². The lowest BCUT2D eigenvalue weighted by atomic mass is 10.3. The van der Waals surface area contributed by atoms with Crippen LogP contribution in [0.3, 0.4) is 0 Å². The van der Waals surface area contributed by atoms with Gasteiger partial charge in [0.2, 0.25) is 0 Å². The van der Waals surface area contributed by atoms with E-state index < -0.39 is 0 Å². The number of rotatable bonds is 5. The van der Waals surface area contributed by atoms with Gasteiger partial charge in [0.1, 0.15) is 9.88 Å². The van der Waals surface area contributed by atoms with Crippen molar-refractivity contribution in [2.24, 2.45) is 0 Å². The van der Waals surface area contributed by atoms with Crippen LogP contribution in [0.4, 0.5) is 0 Å². The van der Waals surface area contributed by atoms with E-state index in [0.29, 0.717) is 6.54 Å². The molecule has 0 saturated carbocycles. The number of aryl methyl sites for hydroxylation is 1. The quantitative estimate of drug-likeness (QED) is 0.921. The van der Waals surface area contributed by atoms with Gasteiger partial charge >= 0.3 is 0 Å². The van der Waals surface area contributed by atoms with Crippen LogP contribution in [0.2, 0.25) is 0 Å². The predicted octanol–water partition coefficient (Wildman–Crippen LogP) is 2.47. The normalized spacial score (nSPS) is 10.7. The topological polar surface area (TPSA) is 45.2 Å². The summed E-state index contributed by atoms with van der Waals surface area (Å²) < 4.78 is 0. The lowest BCUT2D eigenvalue weighted by Crippen LogP contribution is -2.32. The maximum Gasteiger partial charge on any atom is 0.265 e. The minimum absolute atomic E-state index is 0.0491. The third-order valence-corrected chi connectivity index (χ3v) is 4.95. The van der Waals surface area contributed by atoms with Crippen LogP contribution >= 0.6 is 22.7 Å². The smallest absolute Gasteiger partial charge is 0.265 e. The maximum absolute atomic E-state index is 12.3. The number of hydrogen-bond donors (Lipinski definition) is 1. The first kappa shape index (κ1) is 14.2. The van der Waals surface area contributed by atoms with Crippen LogP contribution in [0.5, 0.6) is 0 Å². The molecule has 2 heterocycles. The van der Waals surface area contributed by atoms with Crippen molar-refractivity contribution in [2.45, 2.75) is 6.92 Å². The van der Waals surface area contributed by atoms with Gasteiger partial charge in [-0.15, -0.1) is 22.7 Å². The number of thiazole rings is 1. The van der Waals surface area contributed by atoms with Crippen LogP contribution < -0.4 is 5.32 Å². The molecule has 0 spiro atoms. The van der Waals surface area contributed by atoms with E-state index in [-0.39, 0.29) is 5.91 Å². The third-order valence-electron chi connectivity index (χ3n) is 2.77. The first-order chi connectivity index (χ1) is 9.13. The van der Waals surface area contributed by atoms with E-state index in [1.165, 1.54) is 11.3 Å². The molecule has 1 N–H and O–H groups in total. The second-order valence-corrected chi connectivity index (χ2v) is 6.19. The Balaban J connectivity index is 2.19. The van der Waals surface area contributed by atoms with Crippen molar-refractivity contribution in [1.29, 1.82) is 0 Å². The van der Waals surface area contributed by atoms with Gasteiger partial charge in [0, 0.05) is 20.1 Å². The molecular formula is C13H17N3OS2. The summed E-state index contributed by atoms with van der Waals surface area (Å²) in [6.07, 6.45) is 0. The van der Waals surface area contributed by atoms with E-state index in [1.54, 1.807) is 16.2 Å². The Morgan fingerprint density at radius 3 is 2.95 bits per heavy atom. The summed E-state index contributed by atoms with van der Waals surface area (Å²) >= 11 is 3.12. The fraction of sp³-hybridized carbons (Fsp3) is 0.385. The van der Waals surface area contributed by atoms with Crippen LogP contribution in [0, 0.1) is 6.92 Å². The molecule has 0 aliphatic rings. The van der Waals surface area contributed by atoms with Gasteiger partial charge in [0.15, 0.2) is 0 Å². The minimum Gasteiger partial charge on any atom is -0.340 e. The predicted molar refractivity (Wildman–Crippen MR) is 81.1 cm³/mol. The van der Waals surface area contributed by atoms with Crippen molar-refractivity contribution in [3.05, 3.63) is 28.1 Å². The molecule has 1 amide bonds. The lowest BCUT2D eigenvalue weighted by Gasteiger charge is -2.15. The molecule has 2 aromatic heterocycles. The number of carbonyl (C=O) groups is 1. The number of likely N-dealkylation sites (N-methyl/N-ethyl adjacent to an activating group) is 2. The van der Waals surface area contributed by atoms with Crippen molar-refractivity contribution < 1.29 is 4.79 Å². The SMILES string of the molecule is CNCCN(C)C(=O)c1sc(-c2cccs2)nc1C. The molecule has 102 valence electrons. The standard InChI is InChI=1S/C13H17N3OS2/c1-9-11(13(17)16(3)7-6-14-2)19-12(15-9)10-5-4-8-18-10/h4-5,8,14H,6-7H2,1-3H3. The Hall–Kier alpha value is -1.24. The molecule has 0 bridgehead atoms. The summed E-state index contributed by atoms with van der Waals surface area (Å²) in [6.45, 7) is 3.38. The van der Waals surface area contributed by atoms with Crippen molar-refractivity contribution >= 4 is 28.6 Å². The molecule has 0 aromatic carbocycles. The Kier molecular flexibility index (Phi) is 4.68. The highest BCUT2D eigenvalue weighted by atomic mass is 32.1. The lowest BCUT2D eigenvalue weighted by molar-refractivity contribution is 0.0800. The van der Waals surface area contributed by atoms with Crippen LogP contribution in [-0.4, -0.2) is 43.0 Å². The molecule has 19 heavy (non-hydrogen) atoms. The monoisotopic (exact) mass is 295 g/mol. The molecule has 0 unspecified atom stereocenters. The third kappa shape index (κ3) is 3.20. The van der Waals surface area contributed by atoms with Gasteiger partial charge in [-0.05, 0) is 25.4 Å². The molecule has 2 rings (SSSR count). The summed E-state index contributed by atoms with van der Waals surface area (Å²) in [7, 11) is 3.70. The van der Waals surface area contributed by atoms with Crippen molar-refractivity contribution in [3.63, 3.8) is 0 Å². The molecule has 0 fully saturated rings. The van der Waals surface area contributed by atoms with Crippen LogP contribution in [-0.2, 0) is 0 Å². The number of nitrogens with zero attached hydrogens (tertiary/aromatic N) is 2. The fourth-order valence-electron chi connectivity index (χ4n) is 1.65. The summed E-state index contributed by atoms with van der Waals surface area (Å²) in [6, 6.07) is 4.03. The van der Waals surface area contributed by atoms with Crippen LogP contribution in [0.15, 0.2) is 17.5 Å². The highest BCUT2D eigenvalue weighted by Crippen LogP contribution is 2.31. The van der Waals surface area contributed by atoms with E-state index in [1.807, 2.05) is 38.5 Å².